The SMILES string of the molecule is CSCC1=C(C(=O)Nc2ccccc2)SCCO1. The topological polar surface area (TPSA) is 38.3 Å². The summed E-state index contributed by atoms with van der Waals surface area (Å²) in [6, 6.07) is 9.48. The lowest BCUT2D eigenvalue weighted by molar-refractivity contribution is -0.112. The third-order valence-corrected chi connectivity index (χ3v) is 4.00. The molecule has 0 radical (unpaired) electrons. The number of carbonyl (C=O) groups excluding carboxylic acids is 1. The highest BCUT2D eigenvalue weighted by Gasteiger charge is 2.21. The highest BCUT2D eigenvalue weighted by atomic mass is 32.2. The minimum Gasteiger partial charge on any atom is -0.495 e. The van der Waals surface area contributed by atoms with E-state index < -0.39 is 0 Å². The Kier molecular flexibility index (Phi) is 5.01. The van der Waals surface area contributed by atoms with Crippen LogP contribution in [0.3, 0.4) is 0 Å². The second kappa shape index (κ2) is 6.75. The van der Waals surface area contributed by atoms with Gasteiger partial charge >= 0.3 is 0 Å². The zero-order chi connectivity index (χ0) is 12.8. The van der Waals surface area contributed by atoms with Crippen molar-refractivity contribution in [2.45, 2.75) is 0 Å². The average molecular weight is 281 g/mol. The molecule has 1 amide bonds. The zero-order valence-corrected chi connectivity index (χ0v) is 11.8. The van der Waals surface area contributed by atoms with Gasteiger partial charge in [-0.05, 0) is 18.4 Å². The van der Waals surface area contributed by atoms with Crippen molar-refractivity contribution < 1.29 is 9.53 Å². The molecular formula is C13H15NO2S2. The zero-order valence-electron chi connectivity index (χ0n) is 10.1. The Morgan fingerprint density at radius 2 is 2.22 bits per heavy atom. The molecule has 1 aliphatic heterocycles. The largest absolute Gasteiger partial charge is 0.495 e. The number of hydrogen-bond acceptors (Lipinski definition) is 4. The van der Waals surface area contributed by atoms with Crippen molar-refractivity contribution in [2.75, 3.05) is 29.7 Å². The Labute approximate surface area is 115 Å². The van der Waals surface area contributed by atoms with E-state index in [-0.39, 0.29) is 5.91 Å². The van der Waals surface area contributed by atoms with Crippen LogP contribution in [0.2, 0.25) is 0 Å². The monoisotopic (exact) mass is 281 g/mol. The van der Waals surface area contributed by atoms with Gasteiger partial charge in [-0.1, -0.05) is 18.2 Å². The van der Waals surface area contributed by atoms with Gasteiger partial charge in [-0.2, -0.15) is 11.8 Å². The molecule has 1 N–H and O–H groups in total. The molecule has 3 nitrogen and oxygen atoms in total. The summed E-state index contributed by atoms with van der Waals surface area (Å²) in [4.78, 5) is 12.9. The summed E-state index contributed by atoms with van der Waals surface area (Å²) in [7, 11) is 0. The van der Waals surface area contributed by atoms with Crippen molar-refractivity contribution in [1.82, 2.24) is 0 Å². The predicted octanol–water partition coefficient (Wildman–Crippen LogP) is 2.96. The normalized spacial score (nSPS) is 15.2. The van der Waals surface area contributed by atoms with Gasteiger partial charge in [0.05, 0.1) is 12.4 Å². The van der Waals surface area contributed by atoms with Crippen molar-refractivity contribution >= 4 is 35.1 Å². The molecule has 1 aromatic carbocycles. The molecule has 0 bridgehead atoms. The first-order valence-electron chi connectivity index (χ1n) is 5.65. The molecular weight excluding hydrogens is 266 g/mol. The summed E-state index contributed by atoms with van der Waals surface area (Å²) in [6.45, 7) is 0.683. The number of ether oxygens (including phenoxy) is 1. The van der Waals surface area contributed by atoms with E-state index in [0.29, 0.717) is 11.5 Å². The van der Waals surface area contributed by atoms with Crippen LogP contribution < -0.4 is 5.32 Å². The van der Waals surface area contributed by atoms with Crippen LogP contribution in [0.1, 0.15) is 0 Å². The third kappa shape index (κ3) is 3.46. The summed E-state index contributed by atoms with van der Waals surface area (Å²) < 4.78 is 5.57. The number of benzene rings is 1. The van der Waals surface area contributed by atoms with E-state index in [4.69, 9.17) is 4.74 Å². The number of hydrogen-bond donors (Lipinski definition) is 1. The van der Waals surface area contributed by atoms with Crippen molar-refractivity contribution in [3.05, 3.63) is 41.0 Å². The fourth-order valence-corrected chi connectivity index (χ4v) is 3.02. The van der Waals surface area contributed by atoms with Gasteiger partial charge in [-0.25, -0.2) is 0 Å². The van der Waals surface area contributed by atoms with Crippen molar-refractivity contribution in [3.63, 3.8) is 0 Å². The lowest BCUT2D eigenvalue weighted by atomic mass is 10.3. The second-order valence-electron chi connectivity index (χ2n) is 3.70. The van der Waals surface area contributed by atoms with E-state index in [1.165, 1.54) is 0 Å². The van der Waals surface area contributed by atoms with Gasteiger partial charge in [-0.3, -0.25) is 4.79 Å². The van der Waals surface area contributed by atoms with E-state index in [9.17, 15) is 4.79 Å². The number of anilines is 1. The summed E-state index contributed by atoms with van der Waals surface area (Å²) in [5.74, 6) is 2.29. The van der Waals surface area contributed by atoms with Crippen LogP contribution >= 0.6 is 23.5 Å². The number of nitrogens with one attached hydrogen (secondary N) is 1. The molecule has 5 heteroatoms. The Balaban J connectivity index is 2.11. The molecule has 0 aromatic heterocycles. The first-order chi connectivity index (χ1) is 8.81. The number of para-hydroxylation sites is 1. The van der Waals surface area contributed by atoms with Crippen LogP contribution in [-0.4, -0.2) is 30.3 Å². The van der Waals surface area contributed by atoms with Gasteiger partial charge < -0.3 is 10.1 Å². The van der Waals surface area contributed by atoms with Gasteiger partial charge in [0.1, 0.15) is 10.7 Å². The molecule has 2 rings (SSSR count). The van der Waals surface area contributed by atoms with Crippen LogP contribution in [0.15, 0.2) is 41.0 Å². The molecule has 0 fully saturated rings. The quantitative estimate of drug-likeness (QED) is 0.921. The van der Waals surface area contributed by atoms with E-state index in [1.807, 2.05) is 36.6 Å². The fraction of sp³-hybridized carbons (Fsp3) is 0.308. The Hall–Kier alpha value is -1.07. The van der Waals surface area contributed by atoms with Crippen LogP contribution in [0.5, 0.6) is 0 Å². The van der Waals surface area contributed by atoms with Gasteiger partial charge in [0, 0.05) is 11.4 Å². The molecule has 1 heterocycles. The molecule has 1 aromatic rings. The number of carbonyl (C=O) groups is 1. The number of rotatable bonds is 4. The summed E-state index contributed by atoms with van der Waals surface area (Å²) in [5, 5.41) is 2.89. The van der Waals surface area contributed by atoms with Crippen molar-refractivity contribution in [1.29, 1.82) is 0 Å². The second-order valence-corrected chi connectivity index (χ2v) is 5.67. The number of amides is 1. The predicted molar refractivity (Wildman–Crippen MR) is 78.9 cm³/mol. The lowest BCUT2D eigenvalue weighted by Crippen LogP contribution is -2.20. The standard InChI is InChI=1S/C13H15NO2S2/c1-17-9-11-12(18-8-7-16-11)13(15)14-10-5-3-2-4-6-10/h2-6H,7-9H2,1H3,(H,14,15). The Morgan fingerprint density at radius 3 is 2.94 bits per heavy atom. The van der Waals surface area contributed by atoms with E-state index in [2.05, 4.69) is 5.32 Å². The third-order valence-electron chi connectivity index (χ3n) is 2.37. The minimum atomic E-state index is -0.0741. The molecule has 0 saturated carbocycles. The van der Waals surface area contributed by atoms with Gasteiger partial charge in [0.15, 0.2) is 0 Å². The Morgan fingerprint density at radius 1 is 1.44 bits per heavy atom. The molecule has 0 saturated heterocycles. The van der Waals surface area contributed by atoms with Crippen LogP contribution in [0, 0.1) is 0 Å². The molecule has 0 unspecified atom stereocenters. The van der Waals surface area contributed by atoms with Crippen LogP contribution in [-0.2, 0) is 9.53 Å². The molecule has 18 heavy (non-hydrogen) atoms. The molecule has 0 atom stereocenters. The van der Waals surface area contributed by atoms with Gasteiger partial charge in [0.2, 0.25) is 0 Å². The molecule has 1 aliphatic rings. The number of thioether (sulfide) groups is 2. The highest BCUT2D eigenvalue weighted by Crippen LogP contribution is 2.28. The average Bonchev–Trinajstić information content (AvgIpc) is 2.41. The van der Waals surface area contributed by atoms with E-state index in [1.54, 1.807) is 23.5 Å². The molecule has 96 valence electrons. The summed E-state index contributed by atoms with van der Waals surface area (Å²) in [5.41, 5.74) is 0.810. The van der Waals surface area contributed by atoms with Crippen molar-refractivity contribution in [3.8, 4) is 0 Å². The molecule has 0 spiro atoms. The minimum absolute atomic E-state index is 0.0741. The summed E-state index contributed by atoms with van der Waals surface area (Å²) in [6.07, 6.45) is 2.00. The van der Waals surface area contributed by atoms with Crippen LogP contribution in [0.4, 0.5) is 5.69 Å². The van der Waals surface area contributed by atoms with E-state index >= 15 is 0 Å². The fourth-order valence-electron chi connectivity index (χ4n) is 1.59. The maximum Gasteiger partial charge on any atom is 0.265 e. The van der Waals surface area contributed by atoms with Gasteiger partial charge in [-0.15, -0.1) is 11.8 Å². The lowest BCUT2D eigenvalue weighted by Gasteiger charge is -2.19. The first-order valence-corrected chi connectivity index (χ1v) is 8.03. The van der Waals surface area contributed by atoms with Crippen LogP contribution in [0.25, 0.3) is 0 Å². The first kappa shape index (κ1) is 13.4. The smallest absolute Gasteiger partial charge is 0.265 e. The molecule has 0 aliphatic carbocycles. The maximum atomic E-state index is 12.2. The van der Waals surface area contributed by atoms with Crippen molar-refractivity contribution in [2.24, 2.45) is 0 Å². The summed E-state index contributed by atoms with van der Waals surface area (Å²) >= 11 is 3.23. The van der Waals surface area contributed by atoms with Gasteiger partial charge in [0.25, 0.3) is 5.91 Å². The highest BCUT2D eigenvalue weighted by molar-refractivity contribution is 8.04. The van der Waals surface area contributed by atoms with E-state index in [0.717, 1.165) is 23.0 Å². The Bertz CT molecular complexity index is 446. The maximum absolute atomic E-state index is 12.2.